The first-order chi connectivity index (χ1) is 12.6. The van der Waals surface area contributed by atoms with Crippen LogP contribution in [0.25, 0.3) is 0 Å². The number of halogens is 1. The van der Waals surface area contributed by atoms with Gasteiger partial charge in [0.2, 0.25) is 0 Å². The van der Waals surface area contributed by atoms with E-state index in [1.165, 1.54) is 30.5 Å². The Morgan fingerprint density at radius 2 is 2.00 bits per heavy atom. The van der Waals surface area contributed by atoms with Crippen LogP contribution in [-0.2, 0) is 9.53 Å². The fourth-order valence-electron chi connectivity index (χ4n) is 2.91. The molecule has 0 unspecified atom stereocenters. The highest BCUT2D eigenvalue weighted by Gasteiger charge is 2.30. The zero-order valence-corrected chi connectivity index (χ0v) is 14.1. The number of nitrogens with zero attached hydrogens (tertiary/aromatic N) is 1. The van der Waals surface area contributed by atoms with E-state index in [1.807, 2.05) is 0 Å². The van der Waals surface area contributed by atoms with E-state index in [0.717, 1.165) is 29.5 Å². The van der Waals surface area contributed by atoms with Crippen LogP contribution in [0.1, 0.15) is 29.2 Å². The number of hydrogen-bond donors (Lipinski definition) is 1. The van der Waals surface area contributed by atoms with Crippen molar-refractivity contribution in [2.75, 3.05) is 13.2 Å². The molecule has 26 heavy (non-hydrogen) atoms. The number of benzene rings is 1. The van der Waals surface area contributed by atoms with E-state index in [4.69, 9.17) is 4.74 Å². The van der Waals surface area contributed by atoms with Crippen LogP contribution in [0.5, 0.6) is 0 Å². The summed E-state index contributed by atoms with van der Waals surface area (Å²) in [4.78, 5) is 37.7. The second kappa shape index (κ2) is 8.05. The van der Waals surface area contributed by atoms with E-state index in [1.54, 1.807) is 6.07 Å². The number of nitrogens with one attached hydrogen (secondary N) is 1. The number of ketones is 1. The molecule has 2 heterocycles. The van der Waals surface area contributed by atoms with Crippen molar-refractivity contribution in [1.82, 2.24) is 9.88 Å². The molecule has 1 aromatic heterocycles. The minimum atomic E-state index is -1.37. The Hall–Kier alpha value is -2.80. The summed E-state index contributed by atoms with van der Waals surface area (Å²) >= 11 is 0. The highest BCUT2D eigenvalue weighted by molar-refractivity contribution is 6.11. The zero-order chi connectivity index (χ0) is 18.5. The van der Waals surface area contributed by atoms with Crippen molar-refractivity contribution in [3.8, 4) is 0 Å². The van der Waals surface area contributed by atoms with Gasteiger partial charge >= 0.3 is 0 Å². The summed E-state index contributed by atoms with van der Waals surface area (Å²) in [5.41, 5.74) is -0.320. The maximum Gasteiger partial charge on any atom is 0.251 e. The summed E-state index contributed by atoms with van der Waals surface area (Å²) in [5.74, 6) is -1.66. The number of carbonyl (C=O) groups is 2. The molecule has 2 aromatic rings. The number of amides is 1. The SMILES string of the molecule is O=C(NC[C@H]1CCCO1)[C@@H](C(=O)c1ccc(F)cc1)n1ccccc1=O. The van der Waals surface area contributed by atoms with Crippen molar-refractivity contribution < 1.29 is 18.7 Å². The lowest BCUT2D eigenvalue weighted by Crippen LogP contribution is -2.43. The average Bonchev–Trinajstić information content (AvgIpc) is 3.16. The van der Waals surface area contributed by atoms with Crippen molar-refractivity contribution in [1.29, 1.82) is 0 Å². The van der Waals surface area contributed by atoms with E-state index in [-0.39, 0.29) is 18.2 Å². The maximum absolute atomic E-state index is 13.1. The van der Waals surface area contributed by atoms with Gasteiger partial charge in [0.1, 0.15) is 5.82 Å². The highest BCUT2D eigenvalue weighted by Crippen LogP contribution is 2.16. The molecule has 136 valence electrons. The third-order valence-corrected chi connectivity index (χ3v) is 4.28. The molecule has 1 N–H and O–H groups in total. The molecule has 0 spiro atoms. The molecular weight excluding hydrogens is 339 g/mol. The van der Waals surface area contributed by atoms with Crippen molar-refractivity contribution in [3.63, 3.8) is 0 Å². The lowest BCUT2D eigenvalue weighted by atomic mass is 10.0. The van der Waals surface area contributed by atoms with Gasteiger partial charge in [0.05, 0.1) is 6.10 Å². The lowest BCUT2D eigenvalue weighted by Gasteiger charge is -2.19. The van der Waals surface area contributed by atoms with Crippen LogP contribution in [0.15, 0.2) is 53.5 Å². The minimum Gasteiger partial charge on any atom is -0.376 e. The summed E-state index contributed by atoms with van der Waals surface area (Å²) in [6.07, 6.45) is 3.06. The molecule has 1 fully saturated rings. The number of aromatic nitrogens is 1. The number of hydrogen-bond acceptors (Lipinski definition) is 4. The van der Waals surface area contributed by atoms with Crippen LogP contribution in [0.3, 0.4) is 0 Å². The molecule has 0 saturated carbocycles. The minimum absolute atomic E-state index is 0.0898. The van der Waals surface area contributed by atoms with E-state index >= 15 is 0 Å². The van der Waals surface area contributed by atoms with Gasteiger partial charge in [-0.25, -0.2) is 4.39 Å². The topological polar surface area (TPSA) is 77.4 Å². The smallest absolute Gasteiger partial charge is 0.251 e. The first-order valence-corrected chi connectivity index (χ1v) is 8.42. The Morgan fingerprint density at radius 1 is 1.23 bits per heavy atom. The molecule has 3 rings (SSSR count). The largest absolute Gasteiger partial charge is 0.376 e. The molecule has 7 heteroatoms. The summed E-state index contributed by atoms with van der Waals surface area (Å²) < 4.78 is 19.7. The fourth-order valence-corrected chi connectivity index (χ4v) is 2.91. The molecule has 0 radical (unpaired) electrons. The molecule has 1 aliphatic rings. The third-order valence-electron chi connectivity index (χ3n) is 4.28. The predicted octanol–water partition coefficient (Wildman–Crippen LogP) is 1.71. The summed E-state index contributed by atoms with van der Waals surface area (Å²) in [7, 11) is 0. The number of Topliss-reactive ketones (excluding diaryl/α,β-unsaturated/α-hetero) is 1. The molecule has 1 amide bonds. The van der Waals surface area contributed by atoms with Gasteiger partial charge in [-0.15, -0.1) is 0 Å². The number of ether oxygens (including phenoxy) is 1. The van der Waals surface area contributed by atoms with Crippen LogP contribution < -0.4 is 10.9 Å². The normalized spacial score (nSPS) is 17.7. The summed E-state index contributed by atoms with van der Waals surface area (Å²) in [5, 5.41) is 2.69. The number of rotatable bonds is 6. The zero-order valence-electron chi connectivity index (χ0n) is 14.1. The van der Waals surface area contributed by atoms with E-state index < -0.39 is 29.1 Å². The second-order valence-electron chi connectivity index (χ2n) is 6.10. The van der Waals surface area contributed by atoms with Gasteiger partial charge in [-0.05, 0) is 43.2 Å². The average molecular weight is 358 g/mol. The first kappa shape index (κ1) is 18.0. The van der Waals surface area contributed by atoms with Gasteiger partial charge in [0.25, 0.3) is 11.5 Å². The van der Waals surface area contributed by atoms with E-state index in [2.05, 4.69) is 5.32 Å². The summed E-state index contributed by atoms with van der Waals surface area (Å²) in [6, 6.07) is 7.89. The molecular formula is C19H19FN2O4. The van der Waals surface area contributed by atoms with Crippen molar-refractivity contribution in [2.24, 2.45) is 0 Å². The van der Waals surface area contributed by atoms with Gasteiger partial charge in [0.15, 0.2) is 11.8 Å². The molecule has 0 aliphatic carbocycles. The van der Waals surface area contributed by atoms with Crippen LogP contribution in [-0.4, -0.2) is 35.5 Å². The molecule has 6 nitrogen and oxygen atoms in total. The second-order valence-corrected chi connectivity index (χ2v) is 6.10. The predicted molar refractivity (Wildman–Crippen MR) is 92.5 cm³/mol. The Kier molecular flexibility index (Phi) is 5.58. The lowest BCUT2D eigenvalue weighted by molar-refractivity contribution is -0.123. The van der Waals surface area contributed by atoms with Gasteiger partial charge in [-0.1, -0.05) is 6.07 Å². The quantitative estimate of drug-likeness (QED) is 0.630. The third kappa shape index (κ3) is 4.05. The van der Waals surface area contributed by atoms with Gasteiger partial charge < -0.3 is 10.1 Å². The monoisotopic (exact) mass is 358 g/mol. The molecule has 0 bridgehead atoms. The molecule has 1 aliphatic heterocycles. The maximum atomic E-state index is 13.1. The van der Waals surface area contributed by atoms with Crippen molar-refractivity contribution >= 4 is 11.7 Å². The van der Waals surface area contributed by atoms with Crippen LogP contribution >= 0.6 is 0 Å². The molecule has 1 aromatic carbocycles. The van der Waals surface area contributed by atoms with Gasteiger partial charge in [-0.2, -0.15) is 0 Å². The van der Waals surface area contributed by atoms with Crippen LogP contribution in [0.4, 0.5) is 4.39 Å². The van der Waals surface area contributed by atoms with E-state index in [9.17, 15) is 18.8 Å². The van der Waals surface area contributed by atoms with Crippen LogP contribution in [0, 0.1) is 5.82 Å². The van der Waals surface area contributed by atoms with Crippen molar-refractivity contribution in [3.05, 3.63) is 70.4 Å². The molecule has 2 atom stereocenters. The summed E-state index contributed by atoms with van der Waals surface area (Å²) in [6.45, 7) is 0.921. The Bertz CT molecular complexity index is 841. The standard InChI is InChI=1S/C19H19FN2O4/c20-14-8-6-13(7-9-14)18(24)17(22-10-2-1-5-16(22)23)19(25)21-12-15-4-3-11-26-15/h1-2,5-10,15,17H,3-4,11-12H2,(H,21,25)/t15-,17-/m1/s1. The van der Waals surface area contributed by atoms with Crippen molar-refractivity contribution in [2.45, 2.75) is 25.0 Å². The van der Waals surface area contributed by atoms with Gasteiger partial charge in [0, 0.05) is 31.0 Å². The van der Waals surface area contributed by atoms with E-state index in [0.29, 0.717) is 6.61 Å². The Morgan fingerprint density at radius 3 is 2.65 bits per heavy atom. The Labute approximate surface area is 149 Å². The number of carbonyl (C=O) groups excluding carboxylic acids is 2. The highest BCUT2D eigenvalue weighted by atomic mass is 19.1. The first-order valence-electron chi connectivity index (χ1n) is 8.42. The van der Waals surface area contributed by atoms with Gasteiger partial charge in [-0.3, -0.25) is 19.0 Å². The fraction of sp³-hybridized carbons (Fsp3) is 0.316. The Balaban J connectivity index is 1.87. The number of pyridine rings is 1. The molecule has 1 saturated heterocycles. The van der Waals surface area contributed by atoms with Crippen LogP contribution in [0.2, 0.25) is 0 Å².